The van der Waals surface area contributed by atoms with Crippen LogP contribution in [0.25, 0.3) is 15.7 Å². The van der Waals surface area contributed by atoms with Crippen molar-refractivity contribution in [1.29, 1.82) is 0 Å². The van der Waals surface area contributed by atoms with Crippen LogP contribution in [0, 0.1) is 0 Å². The molecule has 0 spiro atoms. The third kappa shape index (κ3) is 2.58. The van der Waals surface area contributed by atoms with Crippen molar-refractivity contribution in [2.75, 3.05) is 0 Å². The van der Waals surface area contributed by atoms with Crippen molar-refractivity contribution in [2.45, 2.75) is 50.2 Å². The number of hydrogen-bond donors (Lipinski definition) is 0. The van der Waals surface area contributed by atoms with Crippen LogP contribution in [-0.4, -0.2) is 5.25 Å². The topological polar surface area (TPSA) is 0 Å². The summed E-state index contributed by atoms with van der Waals surface area (Å²) in [5, 5.41) is 4.23. The molecule has 4 aliphatic rings. The van der Waals surface area contributed by atoms with Gasteiger partial charge < -0.3 is 0 Å². The average Bonchev–Trinajstić information content (AvgIpc) is 3.34. The maximum absolute atomic E-state index is 2.49. The van der Waals surface area contributed by atoms with Gasteiger partial charge in [0.2, 0.25) is 0 Å². The number of benzene rings is 1. The molecule has 0 radical (unpaired) electrons. The molecule has 0 nitrogen and oxygen atoms in total. The number of rotatable bonds is 4. The molecule has 0 N–H and O–H groups in total. The molecular weight excluding hydrogens is 376 g/mol. The van der Waals surface area contributed by atoms with Crippen LogP contribution in [0.4, 0.5) is 0 Å². The van der Waals surface area contributed by atoms with Crippen molar-refractivity contribution in [2.24, 2.45) is 0 Å². The van der Waals surface area contributed by atoms with Gasteiger partial charge in [-0.05, 0) is 82.2 Å². The highest BCUT2D eigenvalue weighted by atomic mass is 32.2. The number of thioether (sulfide) groups is 1. The van der Waals surface area contributed by atoms with E-state index in [4.69, 9.17) is 0 Å². The molecule has 2 heteroatoms. The first-order valence-electron chi connectivity index (χ1n) is 10.5. The summed E-state index contributed by atoms with van der Waals surface area (Å²) in [6.45, 7) is 2.27. The first-order chi connectivity index (χ1) is 13.8. The molecule has 1 aliphatic heterocycles. The monoisotopic (exact) mass is 400 g/mol. The van der Waals surface area contributed by atoms with E-state index in [1.54, 1.807) is 27.2 Å². The fourth-order valence-electron chi connectivity index (χ4n) is 5.13. The van der Waals surface area contributed by atoms with E-state index in [1.807, 2.05) is 11.3 Å². The van der Waals surface area contributed by atoms with E-state index in [1.165, 1.54) is 53.3 Å². The van der Waals surface area contributed by atoms with E-state index in [-0.39, 0.29) is 0 Å². The Hall–Kier alpha value is -1.77. The second-order valence-corrected chi connectivity index (χ2v) is 10.5. The Balaban J connectivity index is 1.21. The minimum absolute atomic E-state index is 0.601. The Morgan fingerprint density at radius 3 is 2.71 bits per heavy atom. The summed E-state index contributed by atoms with van der Waals surface area (Å²) in [6, 6.07) is 6.96. The van der Waals surface area contributed by atoms with Gasteiger partial charge in [-0.3, -0.25) is 0 Å². The van der Waals surface area contributed by atoms with Crippen molar-refractivity contribution in [1.82, 2.24) is 0 Å². The maximum Gasteiger partial charge on any atom is 0.0451 e. The number of allylic oxidation sites excluding steroid dienone is 9. The third-order valence-electron chi connectivity index (χ3n) is 6.77. The van der Waals surface area contributed by atoms with Crippen molar-refractivity contribution in [3.63, 3.8) is 0 Å². The highest BCUT2D eigenvalue weighted by Gasteiger charge is 2.44. The Labute approximate surface area is 175 Å². The number of hydrogen-bond acceptors (Lipinski definition) is 2. The predicted molar refractivity (Wildman–Crippen MR) is 125 cm³/mol. The summed E-state index contributed by atoms with van der Waals surface area (Å²) in [5.41, 5.74) is 9.47. The second kappa shape index (κ2) is 6.64. The van der Waals surface area contributed by atoms with Crippen LogP contribution < -0.4 is 0 Å². The van der Waals surface area contributed by atoms with E-state index in [9.17, 15) is 0 Å². The van der Waals surface area contributed by atoms with Gasteiger partial charge in [-0.2, -0.15) is 0 Å². The van der Waals surface area contributed by atoms with E-state index < -0.39 is 0 Å². The molecule has 2 aromatic rings. The molecule has 2 unspecified atom stereocenters. The fraction of sp³-hybridized carbons (Fsp3) is 0.308. The molecular formula is C26H24S2. The molecule has 2 heterocycles. The average molecular weight is 401 g/mol. The normalized spacial score (nSPS) is 25.0. The molecule has 1 aromatic heterocycles. The minimum atomic E-state index is 0.601. The van der Waals surface area contributed by atoms with Crippen LogP contribution >= 0.6 is 23.1 Å². The molecule has 2 atom stereocenters. The molecule has 3 aliphatic carbocycles. The zero-order valence-corrected chi connectivity index (χ0v) is 17.8. The lowest BCUT2D eigenvalue weighted by molar-refractivity contribution is 0.801. The lowest BCUT2D eigenvalue weighted by Crippen LogP contribution is -2.27. The van der Waals surface area contributed by atoms with Crippen LogP contribution in [0.1, 0.15) is 56.1 Å². The molecule has 28 heavy (non-hydrogen) atoms. The highest BCUT2D eigenvalue weighted by molar-refractivity contribution is 8.04. The van der Waals surface area contributed by atoms with Crippen molar-refractivity contribution < 1.29 is 0 Å². The summed E-state index contributed by atoms with van der Waals surface area (Å²) in [4.78, 5) is 1.59. The minimum Gasteiger partial charge on any atom is -0.143 e. The zero-order valence-electron chi connectivity index (χ0n) is 16.2. The standard InChI is InChI=1S/C26H24S2/c1-2-16-3-5-17(6-4-16)7-10-20-15-19-9-12-22-23-21(24(22)26(19)28-20)11-8-18-13-14-27-25(18)23/h3,5,8-9,11-15,24,26H,2,4,6-7,10H2,1H3. The third-order valence-corrected chi connectivity index (χ3v) is 9.14. The van der Waals surface area contributed by atoms with Crippen LogP contribution in [0.5, 0.6) is 0 Å². The van der Waals surface area contributed by atoms with Crippen molar-refractivity contribution in [3.8, 4) is 0 Å². The predicted octanol–water partition coefficient (Wildman–Crippen LogP) is 8.16. The van der Waals surface area contributed by atoms with Gasteiger partial charge in [0.15, 0.2) is 0 Å². The van der Waals surface area contributed by atoms with Gasteiger partial charge in [0.05, 0.1) is 0 Å². The summed E-state index contributed by atoms with van der Waals surface area (Å²) < 4.78 is 1.48. The summed E-state index contributed by atoms with van der Waals surface area (Å²) in [6.07, 6.45) is 18.2. The van der Waals surface area contributed by atoms with Gasteiger partial charge in [0, 0.05) is 15.9 Å². The number of fused-ring (bicyclic) bond motifs is 8. The molecule has 0 amide bonds. The second-order valence-electron chi connectivity index (χ2n) is 8.29. The van der Waals surface area contributed by atoms with Crippen LogP contribution in [-0.2, 0) is 0 Å². The van der Waals surface area contributed by atoms with Gasteiger partial charge in [-0.15, -0.1) is 23.1 Å². The van der Waals surface area contributed by atoms with Crippen molar-refractivity contribution in [3.05, 3.63) is 86.7 Å². The van der Waals surface area contributed by atoms with E-state index in [0.29, 0.717) is 11.2 Å². The van der Waals surface area contributed by atoms with E-state index >= 15 is 0 Å². The van der Waals surface area contributed by atoms with Crippen LogP contribution in [0.15, 0.2) is 75.6 Å². The van der Waals surface area contributed by atoms with Gasteiger partial charge in [-0.1, -0.05) is 54.5 Å². The molecule has 0 saturated carbocycles. The van der Waals surface area contributed by atoms with Crippen molar-refractivity contribution >= 4 is 38.8 Å². The Morgan fingerprint density at radius 1 is 0.964 bits per heavy atom. The SMILES string of the molecule is CCC1=CC=C(CCC2=CC3=CC=C4c5c(ccc6ccsc56)C4C3S2)CC1. The molecule has 0 fully saturated rings. The van der Waals surface area contributed by atoms with Gasteiger partial charge in [0.25, 0.3) is 0 Å². The van der Waals surface area contributed by atoms with E-state index in [2.05, 4.69) is 72.6 Å². The Morgan fingerprint density at radius 2 is 1.86 bits per heavy atom. The summed E-state index contributed by atoms with van der Waals surface area (Å²) >= 11 is 4.03. The van der Waals surface area contributed by atoms with Crippen LogP contribution in [0.3, 0.4) is 0 Å². The molecule has 1 aromatic carbocycles. The summed E-state index contributed by atoms with van der Waals surface area (Å²) in [7, 11) is 0. The fourth-order valence-corrected chi connectivity index (χ4v) is 7.57. The largest absolute Gasteiger partial charge is 0.143 e. The lowest BCUT2D eigenvalue weighted by atomic mass is 9.67. The van der Waals surface area contributed by atoms with E-state index in [0.717, 1.165) is 0 Å². The zero-order chi connectivity index (χ0) is 18.7. The Bertz CT molecular complexity index is 1130. The van der Waals surface area contributed by atoms with Gasteiger partial charge in [0.1, 0.15) is 0 Å². The quantitative estimate of drug-likeness (QED) is 0.499. The molecule has 140 valence electrons. The highest BCUT2D eigenvalue weighted by Crippen LogP contribution is 2.60. The van der Waals surface area contributed by atoms with Gasteiger partial charge >= 0.3 is 0 Å². The smallest absolute Gasteiger partial charge is 0.0451 e. The molecule has 0 bridgehead atoms. The first kappa shape index (κ1) is 17.1. The number of thiophene rings is 1. The molecule has 0 saturated heterocycles. The van der Waals surface area contributed by atoms with Crippen LogP contribution in [0.2, 0.25) is 0 Å². The summed E-state index contributed by atoms with van der Waals surface area (Å²) in [5.74, 6) is 0.601. The Kier molecular flexibility index (Phi) is 4.06. The van der Waals surface area contributed by atoms with Gasteiger partial charge in [-0.25, -0.2) is 0 Å². The lowest BCUT2D eigenvalue weighted by Gasteiger charge is -2.40. The first-order valence-corrected chi connectivity index (χ1v) is 12.2. The molecule has 6 rings (SSSR count). The maximum atomic E-state index is 2.49.